The second kappa shape index (κ2) is 8.53. The van der Waals surface area contributed by atoms with E-state index in [1.165, 1.54) is 11.8 Å². The Morgan fingerprint density at radius 2 is 1.92 bits per heavy atom. The molecule has 0 spiro atoms. The molecule has 1 N–H and O–H groups in total. The van der Waals surface area contributed by atoms with Crippen LogP contribution in [0.2, 0.25) is 0 Å². The van der Waals surface area contributed by atoms with Gasteiger partial charge in [-0.15, -0.1) is 10.2 Å². The molecule has 134 valence electrons. The molecule has 0 aliphatic carbocycles. The Morgan fingerprint density at radius 1 is 1.15 bits per heavy atom. The number of para-hydroxylation sites is 1. The van der Waals surface area contributed by atoms with Gasteiger partial charge in [0.05, 0.1) is 12.7 Å². The number of nitrogens with one attached hydrogen (secondary N) is 1. The number of carbonyl (C=O) groups is 1. The van der Waals surface area contributed by atoms with E-state index >= 15 is 0 Å². The number of nitrogens with zero attached hydrogens (tertiary/aromatic N) is 2. The van der Waals surface area contributed by atoms with Crippen LogP contribution in [0.4, 0.5) is 5.69 Å². The molecule has 0 bridgehead atoms. The Labute approximate surface area is 156 Å². The van der Waals surface area contributed by atoms with Crippen molar-refractivity contribution in [1.82, 2.24) is 10.2 Å². The second-order valence-corrected chi connectivity index (χ2v) is 6.63. The van der Waals surface area contributed by atoms with Crippen LogP contribution in [0.5, 0.6) is 5.75 Å². The monoisotopic (exact) mass is 369 g/mol. The minimum Gasteiger partial charge on any atom is -0.496 e. The Morgan fingerprint density at radius 3 is 2.69 bits per heavy atom. The first-order valence-corrected chi connectivity index (χ1v) is 9.10. The number of hydrogen-bond acceptors (Lipinski definition) is 6. The van der Waals surface area contributed by atoms with Crippen molar-refractivity contribution in [2.75, 3.05) is 18.2 Å². The van der Waals surface area contributed by atoms with Crippen LogP contribution in [0.1, 0.15) is 12.0 Å². The van der Waals surface area contributed by atoms with Gasteiger partial charge in [0.1, 0.15) is 5.75 Å². The maximum atomic E-state index is 12.0. The van der Waals surface area contributed by atoms with Crippen molar-refractivity contribution in [3.8, 4) is 17.2 Å². The summed E-state index contributed by atoms with van der Waals surface area (Å²) < 4.78 is 11.0. The normalized spacial score (nSPS) is 10.5. The van der Waals surface area contributed by atoms with Gasteiger partial charge in [0.15, 0.2) is 0 Å². The fraction of sp³-hybridized carbons (Fsp3) is 0.211. The number of thioether (sulfide) groups is 1. The first kappa shape index (κ1) is 18.0. The molecule has 6 nitrogen and oxygen atoms in total. The Balaban J connectivity index is 1.52. The van der Waals surface area contributed by atoms with Gasteiger partial charge >= 0.3 is 0 Å². The van der Waals surface area contributed by atoms with Gasteiger partial charge < -0.3 is 14.5 Å². The first-order chi connectivity index (χ1) is 12.7. The summed E-state index contributed by atoms with van der Waals surface area (Å²) in [4.78, 5) is 12.0. The van der Waals surface area contributed by atoms with Crippen molar-refractivity contribution in [1.29, 1.82) is 0 Å². The highest BCUT2D eigenvalue weighted by Gasteiger charge is 2.13. The van der Waals surface area contributed by atoms with E-state index in [0.29, 0.717) is 29.0 Å². The van der Waals surface area contributed by atoms with E-state index in [1.807, 2.05) is 55.5 Å². The van der Waals surface area contributed by atoms with Gasteiger partial charge in [0.25, 0.3) is 11.1 Å². The lowest BCUT2D eigenvalue weighted by molar-refractivity contribution is -0.115. The molecular formula is C19H19N3O3S. The molecule has 0 fully saturated rings. The van der Waals surface area contributed by atoms with E-state index in [9.17, 15) is 4.79 Å². The van der Waals surface area contributed by atoms with E-state index in [-0.39, 0.29) is 5.91 Å². The smallest absolute Gasteiger partial charge is 0.276 e. The highest BCUT2D eigenvalue weighted by Crippen LogP contribution is 2.30. The van der Waals surface area contributed by atoms with Gasteiger partial charge in [0.2, 0.25) is 5.91 Å². The number of ether oxygens (including phenoxy) is 1. The number of hydrogen-bond donors (Lipinski definition) is 1. The molecule has 0 saturated carbocycles. The van der Waals surface area contributed by atoms with Crippen LogP contribution in [-0.2, 0) is 4.79 Å². The van der Waals surface area contributed by atoms with Crippen molar-refractivity contribution in [2.24, 2.45) is 0 Å². The van der Waals surface area contributed by atoms with E-state index in [4.69, 9.17) is 9.15 Å². The third-order valence-corrected chi connectivity index (χ3v) is 4.45. The number of benzene rings is 2. The summed E-state index contributed by atoms with van der Waals surface area (Å²) in [5.74, 6) is 1.57. The highest BCUT2D eigenvalue weighted by molar-refractivity contribution is 7.99. The zero-order valence-corrected chi connectivity index (χ0v) is 15.4. The van der Waals surface area contributed by atoms with Crippen LogP contribution in [0.3, 0.4) is 0 Å². The number of aryl methyl sites for hydroxylation is 1. The molecule has 0 aliphatic heterocycles. The summed E-state index contributed by atoms with van der Waals surface area (Å²) in [5.41, 5.74) is 2.69. The maximum absolute atomic E-state index is 12.0. The van der Waals surface area contributed by atoms with Crippen LogP contribution in [0.15, 0.2) is 58.2 Å². The minimum absolute atomic E-state index is 0.0502. The molecule has 0 atom stereocenters. The molecule has 1 heterocycles. The van der Waals surface area contributed by atoms with Crippen LogP contribution >= 0.6 is 11.8 Å². The maximum Gasteiger partial charge on any atom is 0.276 e. The predicted octanol–water partition coefficient (Wildman–Crippen LogP) is 4.17. The molecule has 1 amide bonds. The van der Waals surface area contributed by atoms with Gasteiger partial charge in [-0.25, -0.2) is 0 Å². The van der Waals surface area contributed by atoms with Gasteiger partial charge in [0, 0.05) is 17.9 Å². The fourth-order valence-corrected chi connectivity index (χ4v) is 2.99. The molecule has 7 heteroatoms. The lowest BCUT2D eigenvalue weighted by atomic mass is 10.2. The average molecular weight is 369 g/mol. The van der Waals surface area contributed by atoms with Crippen molar-refractivity contribution >= 4 is 23.4 Å². The summed E-state index contributed by atoms with van der Waals surface area (Å²) in [7, 11) is 1.59. The van der Waals surface area contributed by atoms with Crippen molar-refractivity contribution < 1.29 is 13.9 Å². The van der Waals surface area contributed by atoms with Crippen LogP contribution in [-0.4, -0.2) is 29.0 Å². The number of aromatic nitrogens is 2. The lowest BCUT2D eigenvalue weighted by Crippen LogP contribution is -2.12. The Kier molecular flexibility index (Phi) is 5.91. The summed E-state index contributed by atoms with van der Waals surface area (Å²) in [6, 6.07) is 15.1. The summed E-state index contributed by atoms with van der Waals surface area (Å²) in [6.45, 7) is 2.01. The van der Waals surface area contributed by atoms with Crippen molar-refractivity contribution in [3.05, 3.63) is 54.1 Å². The van der Waals surface area contributed by atoms with E-state index < -0.39 is 0 Å². The van der Waals surface area contributed by atoms with Gasteiger partial charge in [-0.05, 0) is 31.2 Å². The van der Waals surface area contributed by atoms with E-state index in [0.717, 1.165) is 16.8 Å². The highest BCUT2D eigenvalue weighted by atomic mass is 32.2. The standard InChI is InChI=1S/C19H19N3O3S/c1-13-7-9-14(10-8-13)20-17(23)11-12-26-19-22-21-18(25-19)15-5-3-4-6-16(15)24-2/h3-10H,11-12H2,1-2H3,(H,20,23). The second-order valence-electron chi connectivity index (χ2n) is 5.59. The molecule has 26 heavy (non-hydrogen) atoms. The zero-order valence-electron chi connectivity index (χ0n) is 14.6. The third-order valence-electron chi connectivity index (χ3n) is 3.63. The Hall–Kier alpha value is -2.80. The van der Waals surface area contributed by atoms with E-state index in [2.05, 4.69) is 15.5 Å². The van der Waals surface area contributed by atoms with Gasteiger partial charge in [-0.2, -0.15) is 0 Å². The number of anilines is 1. The quantitative estimate of drug-likeness (QED) is 0.630. The molecular weight excluding hydrogens is 350 g/mol. The number of amides is 1. The minimum atomic E-state index is -0.0502. The zero-order chi connectivity index (χ0) is 18.4. The fourth-order valence-electron chi connectivity index (χ4n) is 2.29. The third kappa shape index (κ3) is 4.64. The summed E-state index contributed by atoms with van der Waals surface area (Å²) in [6.07, 6.45) is 0.352. The SMILES string of the molecule is COc1ccccc1-c1nnc(SCCC(=O)Nc2ccc(C)cc2)o1. The molecule has 0 unspecified atom stereocenters. The predicted molar refractivity (Wildman–Crippen MR) is 101 cm³/mol. The topological polar surface area (TPSA) is 77.2 Å². The largest absolute Gasteiger partial charge is 0.496 e. The van der Waals surface area contributed by atoms with Crippen LogP contribution in [0.25, 0.3) is 11.5 Å². The van der Waals surface area contributed by atoms with Crippen LogP contribution in [0, 0.1) is 6.92 Å². The Bertz CT molecular complexity index is 878. The molecule has 1 aromatic heterocycles. The average Bonchev–Trinajstić information content (AvgIpc) is 3.12. The molecule has 0 radical (unpaired) electrons. The number of methoxy groups -OCH3 is 1. The van der Waals surface area contributed by atoms with Gasteiger partial charge in [-0.3, -0.25) is 4.79 Å². The molecule has 3 rings (SSSR count). The summed E-state index contributed by atoms with van der Waals surface area (Å²) in [5, 5.41) is 11.4. The van der Waals surface area contributed by atoms with Gasteiger partial charge in [-0.1, -0.05) is 41.6 Å². The number of rotatable bonds is 7. The molecule has 0 aliphatic rings. The molecule has 3 aromatic rings. The lowest BCUT2D eigenvalue weighted by Gasteiger charge is -2.04. The summed E-state index contributed by atoms with van der Waals surface area (Å²) >= 11 is 1.35. The van der Waals surface area contributed by atoms with Crippen molar-refractivity contribution in [3.63, 3.8) is 0 Å². The number of carbonyl (C=O) groups excluding carboxylic acids is 1. The van der Waals surface area contributed by atoms with E-state index in [1.54, 1.807) is 7.11 Å². The van der Waals surface area contributed by atoms with Crippen LogP contribution < -0.4 is 10.1 Å². The first-order valence-electron chi connectivity index (χ1n) is 8.12. The molecule has 0 saturated heterocycles. The molecule has 2 aromatic carbocycles. The van der Waals surface area contributed by atoms with Crippen molar-refractivity contribution in [2.45, 2.75) is 18.6 Å².